The number of azo groups is 1. The van der Waals surface area contributed by atoms with Crippen LogP contribution in [0.3, 0.4) is 0 Å². The first kappa shape index (κ1) is 46.5. The summed E-state index contributed by atoms with van der Waals surface area (Å²) in [6.45, 7) is 6.78. The number of imide groups is 1. The van der Waals surface area contributed by atoms with Crippen molar-refractivity contribution in [3.8, 4) is 22.2 Å². The molecular formula is C47H49ClN10O8S. The third-order valence-electron chi connectivity index (χ3n) is 11.9. The van der Waals surface area contributed by atoms with Crippen molar-refractivity contribution in [1.82, 2.24) is 35.6 Å². The maximum absolute atomic E-state index is 13.4. The number of thiophene rings is 1. The Balaban J connectivity index is 0.805. The maximum Gasteiger partial charge on any atom is 0.257 e. The highest BCUT2D eigenvalue weighted by atomic mass is 35.5. The fourth-order valence-corrected chi connectivity index (χ4v) is 9.63. The number of hydrogen-bond donors (Lipinski definition) is 3. The molecule has 2 aromatic heterocycles. The van der Waals surface area contributed by atoms with Crippen molar-refractivity contribution in [2.24, 2.45) is 15.2 Å². The number of aliphatic imine (C=N–C) groups is 1. The number of carbonyl (C=O) groups is 5. The third-order valence-corrected chi connectivity index (χ3v) is 13.3. The lowest BCUT2D eigenvalue weighted by Crippen LogP contribution is -2.52. The predicted octanol–water partition coefficient (Wildman–Crippen LogP) is 6.86. The average molecular weight is 949 g/mol. The molecule has 3 aromatic carbocycles. The van der Waals surface area contributed by atoms with Gasteiger partial charge in [0.1, 0.15) is 22.9 Å². The summed E-state index contributed by atoms with van der Waals surface area (Å²) in [7, 11) is 2.89. The largest absolute Gasteiger partial charge is 0.493 e. The first-order valence-electron chi connectivity index (χ1n) is 21.8. The Morgan fingerprint density at radius 1 is 0.925 bits per heavy atom. The average Bonchev–Trinajstić information content (AvgIpc) is 3.93. The minimum atomic E-state index is -0.755. The highest BCUT2D eigenvalue weighted by molar-refractivity contribution is 7.15. The number of methoxy groups -OCH3 is 2. The van der Waals surface area contributed by atoms with Crippen LogP contribution in [0.5, 0.6) is 17.2 Å². The number of halogens is 1. The molecule has 8 rings (SSSR count). The first-order valence-corrected chi connectivity index (χ1v) is 23.0. The van der Waals surface area contributed by atoms with Gasteiger partial charge in [-0.05, 0) is 76.3 Å². The molecule has 3 aliphatic rings. The van der Waals surface area contributed by atoms with Crippen LogP contribution in [0.25, 0.3) is 5.00 Å². The quantitative estimate of drug-likeness (QED) is 0.0499. The molecule has 3 aliphatic heterocycles. The zero-order valence-electron chi connectivity index (χ0n) is 37.6. The first-order chi connectivity index (χ1) is 32.3. The number of benzene rings is 3. The lowest BCUT2D eigenvalue weighted by molar-refractivity contribution is -0.137. The Kier molecular flexibility index (Phi) is 14.1. The number of ether oxygens (including phenoxy) is 3. The molecule has 0 bridgehead atoms. The number of piperidine rings is 1. The standard InChI is InChI=1S/C47H49ClN10O8S/c1-25-26(2)67-47-41(25)42(28-12-14-29(48)15-13-28)51-34(44-56-53-27(3)58(44)47)22-39(60)49-18-7-6-8-19-50-40(61)24-66-43-36(64-4)20-30(21-37(43)65-5)54-55-33-11-9-10-31-32(33)23-57(46(31)63)35-16-17-38(59)52-45(35)62/h9-15,20-21,34-35H,6-8,16-19,22-24H2,1-5H3,(H,49,60)(H,50,61)(H,52,59,62)/t34-,35?/m0/s1. The summed E-state index contributed by atoms with van der Waals surface area (Å²) in [5, 5.41) is 27.5. The lowest BCUT2D eigenvalue weighted by Gasteiger charge is -2.29. The van der Waals surface area contributed by atoms with E-state index in [1.54, 1.807) is 41.7 Å². The van der Waals surface area contributed by atoms with Gasteiger partial charge in [0.05, 0.1) is 37.7 Å². The molecule has 1 saturated heterocycles. The van der Waals surface area contributed by atoms with E-state index in [1.807, 2.05) is 35.8 Å². The summed E-state index contributed by atoms with van der Waals surface area (Å²) in [5.41, 5.74) is 5.63. The second-order valence-electron chi connectivity index (χ2n) is 16.2. The molecule has 5 aromatic rings. The summed E-state index contributed by atoms with van der Waals surface area (Å²) < 4.78 is 19.0. The molecule has 67 heavy (non-hydrogen) atoms. The van der Waals surface area contributed by atoms with E-state index in [9.17, 15) is 24.0 Å². The molecule has 5 heterocycles. The predicted molar refractivity (Wildman–Crippen MR) is 249 cm³/mol. The van der Waals surface area contributed by atoms with Crippen LogP contribution in [-0.4, -0.2) is 94.9 Å². The zero-order valence-corrected chi connectivity index (χ0v) is 39.2. The minimum Gasteiger partial charge on any atom is -0.493 e. The van der Waals surface area contributed by atoms with Crippen molar-refractivity contribution in [2.45, 2.75) is 77.9 Å². The van der Waals surface area contributed by atoms with Crippen molar-refractivity contribution >= 4 is 69.6 Å². The topological polar surface area (TPSA) is 220 Å². The molecular weight excluding hydrogens is 900 g/mol. The Bertz CT molecular complexity index is 2800. The number of amides is 5. The van der Waals surface area contributed by atoms with Gasteiger partial charge in [-0.2, -0.15) is 10.2 Å². The molecule has 3 N–H and O–H groups in total. The van der Waals surface area contributed by atoms with Crippen LogP contribution in [-0.2, 0) is 25.7 Å². The Hall–Kier alpha value is -6.99. The van der Waals surface area contributed by atoms with Gasteiger partial charge >= 0.3 is 0 Å². The molecule has 1 fully saturated rings. The molecule has 348 valence electrons. The molecule has 0 radical (unpaired) electrons. The monoisotopic (exact) mass is 948 g/mol. The van der Waals surface area contributed by atoms with E-state index in [0.717, 1.165) is 39.6 Å². The number of aromatic nitrogens is 3. The fourth-order valence-electron chi connectivity index (χ4n) is 8.29. The van der Waals surface area contributed by atoms with Gasteiger partial charge in [0.2, 0.25) is 23.5 Å². The van der Waals surface area contributed by atoms with Crippen LogP contribution in [0.15, 0.2) is 69.8 Å². The summed E-state index contributed by atoms with van der Waals surface area (Å²) in [6.07, 6.45) is 2.64. The Morgan fingerprint density at radius 3 is 2.34 bits per heavy atom. The van der Waals surface area contributed by atoms with E-state index in [-0.39, 0.29) is 73.3 Å². The van der Waals surface area contributed by atoms with Gasteiger partial charge in [0.25, 0.3) is 11.8 Å². The van der Waals surface area contributed by atoms with E-state index in [0.29, 0.717) is 59.3 Å². The van der Waals surface area contributed by atoms with E-state index in [2.05, 4.69) is 50.2 Å². The van der Waals surface area contributed by atoms with Gasteiger partial charge in [-0.1, -0.05) is 29.8 Å². The highest BCUT2D eigenvalue weighted by Gasteiger charge is 2.40. The zero-order chi connectivity index (χ0) is 47.4. The molecule has 18 nitrogen and oxygen atoms in total. The number of fused-ring (bicyclic) bond motifs is 4. The molecule has 5 amide bonds. The number of hydrogen-bond acceptors (Lipinski definition) is 14. The van der Waals surface area contributed by atoms with E-state index >= 15 is 0 Å². The van der Waals surface area contributed by atoms with Gasteiger partial charge in [-0.3, -0.25) is 38.8 Å². The summed E-state index contributed by atoms with van der Waals surface area (Å²) >= 11 is 7.89. The van der Waals surface area contributed by atoms with Gasteiger partial charge in [0, 0.05) is 70.3 Å². The maximum atomic E-state index is 13.4. The van der Waals surface area contributed by atoms with Gasteiger partial charge in [0.15, 0.2) is 23.9 Å². The van der Waals surface area contributed by atoms with E-state index in [4.69, 9.17) is 30.8 Å². The summed E-state index contributed by atoms with van der Waals surface area (Å²) in [5.74, 6) is 0.389. The minimum absolute atomic E-state index is 0.0910. The van der Waals surface area contributed by atoms with Crippen molar-refractivity contribution in [3.63, 3.8) is 0 Å². The molecule has 0 spiro atoms. The number of aryl methyl sites for hydroxylation is 2. The third kappa shape index (κ3) is 9.93. The van der Waals surface area contributed by atoms with E-state index < -0.39 is 18.0 Å². The number of nitrogens with zero attached hydrogens (tertiary/aromatic N) is 7. The summed E-state index contributed by atoms with van der Waals surface area (Å²) in [4.78, 5) is 71.4. The normalized spacial score (nSPS) is 16.5. The van der Waals surface area contributed by atoms with Crippen LogP contribution >= 0.6 is 22.9 Å². The second-order valence-corrected chi connectivity index (χ2v) is 17.9. The number of carbonyl (C=O) groups excluding carboxylic acids is 5. The van der Waals surface area contributed by atoms with Gasteiger partial charge in [-0.15, -0.1) is 21.5 Å². The van der Waals surface area contributed by atoms with Crippen molar-refractivity contribution in [1.29, 1.82) is 0 Å². The van der Waals surface area contributed by atoms with Crippen LogP contribution in [0, 0.1) is 20.8 Å². The molecule has 1 unspecified atom stereocenters. The smallest absolute Gasteiger partial charge is 0.257 e. The fraction of sp³-hybridized carbons (Fsp3) is 0.362. The molecule has 0 aliphatic carbocycles. The van der Waals surface area contributed by atoms with Crippen molar-refractivity contribution < 1.29 is 38.2 Å². The van der Waals surface area contributed by atoms with Crippen molar-refractivity contribution in [2.75, 3.05) is 33.9 Å². The van der Waals surface area contributed by atoms with Crippen LogP contribution in [0.1, 0.15) is 93.7 Å². The summed E-state index contributed by atoms with van der Waals surface area (Å²) in [6, 6.07) is 14.5. The number of nitrogens with one attached hydrogen (secondary N) is 3. The number of unbranched alkanes of at least 4 members (excludes halogenated alkanes) is 2. The second kappa shape index (κ2) is 20.3. The SMILES string of the molecule is COc1cc(N=Nc2cccc3c2CN(C2CCC(=O)NC2=O)C3=O)cc(OC)c1OCC(=O)NCCCCCNC(=O)C[C@@H]1N=C(c2ccc(Cl)cc2)c2c(sc(C)c2C)-n2c(C)nnc21. The number of rotatable bonds is 17. The van der Waals surface area contributed by atoms with Crippen LogP contribution in [0.4, 0.5) is 11.4 Å². The van der Waals surface area contributed by atoms with Crippen LogP contribution < -0.4 is 30.2 Å². The Morgan fingerprint density at radius 2 is 1.64 bits per heavy atom. The molecule has 2 atom stereocenters. The molecule has 0 saturated carbocycles. The Labute approximate surface area is 395 Å². The van der Waals surface area contributed by atoms with Crippen molar-refractivity contribution in [3.05, 3.63) is 104 Å². The highest BCUT2D eigenvalue weighted by Crippen LogP contribution is 2.43. The van der Waals surface area contributed by atoms with E-state index in [1.165, 1.54) is 24.0 Å². The lowest BCUT2D eigenvalue weighted by atomic mass is 9.99. The van der Waals surface area contributed by atoms with Crippen LogP contribution in [0.2, 0.25) is 5.02 Å². The van der Waals surface area contributed by atoms with Gasteiger partial charge < -0.3 is 29.7 Å². The van der Waals surface area contributed by atoms with Gasteiger partial charge in [-0.25, -0.2) is 0 Å². The molecule has 20 heteroatoms.